The lowest BCUT2D eigenvalue weighted by Crippen LogP contribution is -2.20. The van der Waals surface area contributed by atoms with Crippen molar-refractivity contribution in [3.63, 3.8) is 0 Å². The zero-order chi connectivity index (χ0) is 17.2. The molecule has 3 nitrogen and oxygen atoms in total. The lowest BCUT2D eigenvalue weighted by molar-refractivity contribution is -0.118. The topological polar surface area (TPSA) is 46.2 Å². The maximum Gasteiger partial charge on any atom is 0.260 e. The van der Waals surface area contributed by atoms with Gasteiger partial charge in [0, 0.05) is 17.2 Å². The molecule has 1 rings (SSSR count). The SMILES string of the molecule is C=CCSC(SCC=C)=C(C(C)=O)C(=O)Nc1ccccc1C. The van der Waals surface area contributed by atoms with Crippen LogP contribution in [-0.2, 0) is 9.59 Å². The third kappa shape index (κ3) is 6.12. The molecule has 0 aliphatic rings. The normalized spacial score (nSPS) is 9.83. The highest BCUT2D eigenvalue weighted by Crippen LogP contribution is 2.33. The van der Waals surface area contributed by atoms with Crippen LogP contribution in [0.4, 0.5) is 5.69 Å². The highest BCUT2D eigenvalue weighted by molar-refractivity contribution is 8.22. The molecule has 0 bridgehead atoms. The van der Waals surface area contributed by atoms with Gasteiger partial charge in [-0.25, -0.2) is 0 Å². The summed E-state index contributed by atoms with van der Waals surface area (Å²) < 4.78 is 0.698. The average Bonchev–Trinajstić information content (AvgIpc) is 2.51. The van der Waals surface area contributed by atoms with Crippen molar-refractivity contribution in [1.82, 2.24) is 0 Å². The number of rotatable bonds is 9. The minimum atomic E-state index is -0.380. The van der Waals surface area contributed by atoms with Gasteiger partial charge in [0.2, 0.25) is 0 Å². The van der Waals surface area contributed by atoms with Gasteiger partial charge < -0.3 is 5.32 Å². The van der Waals surface area contributed by atoms with E-state index in [1.165, 1.54) is 30.4 Å². The number of carbonyl (C=O) groups excluding carboxylic acids is 2. The van der Waals surface area contributed by atoms with Gasteiger partial charge in [-0.2, -0.15) is 0 Å². The molecule has 23 heavy (non-hydrogen) atoms. The lowest BCUT2D eigenvalue weighted by Gasteiger charge is -2.13. The van der Waals surface area contributed by atoms with Crippen LogP contribution >= 0.6 is 23.5 Å². The van der Waals surface area contributed by atoms with Crippen LogP contribution in [0.5, 0.6) is 0 Å². The van der Waals surface area contributed by atoms with E-state index in [0.29, 0.717) is 21.4 Å². The van der Waals surface area contributed by atoms with E-state index in [1.807, 2.05) is 31.2 Å². The number of carbonyl (C=O) groups is 2. The van der Waals surface area contributed by atoms with Crippen LogP contribution in [0.1, 0.15) is 12.5 Å². The van der Waals surface area contributed by atoms with Crippen molar-refractivity contribution in [3.8, 4) is 0 Å². The molecule has 1 aromatic carbocycles. The van der Waals surface area contributed by atoms with Crippen molar-refractivity contribution in [2.75, 3.05) is 16.8 Å². The van der Waals surface area contributed by atoms with Gasteiger partial charge in [-0.1, -0.05) is 30.4 Å². The van der Waals surface area contributed by atoms with Gasteiger partial charge in [-0.3, -0.25) is 9.59 Å². The Hall–Kier alpha value is -1.72. The molecule has 122 valence electrons. The molecule has 1 N–H and O–H groups in total. The molecular weight excluding hydrogens is 326 g/mol. The molecule has 0 saturated carbocycles. The van der Waals surface area contributed by atoms with Crippen LogP contribution in [0.25, 0.3) is 0 Å². The second-order valence-electron chi connectivity index (χ2n) is 4.69. The van der Waals surface area contributed by atoms with Crippen LogP contribution < -0.4 is 5.32 Å². The lowest BCUT2D eigenvalue weighted by atomic mass is 10.1. The number of amides is 1. The molecule has 1 amide bonds. The standard InChI is InChI=1S/C18H21NO2S2/c1-5-11-22-18(23-12-6-2)16(14(4)20)17(21)19-15-10-8-7-9-13(15)3/h5-10H,1-2,11-12H2,3-4H3,(H,19,21). The largest absolute Gasteiger partial charge is 0.322 e. The molecular formula is C18H21NO2S2. The molecule has 0 radical (unpaired) electrons. The fourth-order valence-corrected chi connectivity index (χ4v) is 3.79. The predicted octanol–water partition coefficient (Wildman–Crippen LogP) is 4.57. The molecule has 5 heteroatoms. The summed E-state index contributed by atoms with van der Waals surface area (Å²) in [5.74, 6) is 0.635. The molecule has 0 atom stereocenters. The van der Waals surface area contributed by atoms with E-state index in [-0.39, 0.29) is 17.3 Å². The number of thioether (sulfide) groups is 2. The predicted molar refractivity (Wildman–Crippen MR) is 103 cm³/mol. The summed E-state index contributed by atoms with van der Waals surface area (Å²) in [6.07, 6.45) is 3.49. The van der Waals surface area contributed by atoms with Gasteiger partial charge in [0.25, 0.3) is 5.91 Å². The van der Waals surface area contributed by atoms with Gasteiger partial charge in [0.15, 0.2) is 5.78 Å². The van der Waals surface area contributed by atoms with Gasteiger partial charge in [-0.05, 0) is 25.5 Å². The Balaban J connectivity index is 3.13. The Bertz CT molecular complexity index is 622. The number of benzene rings is 1. The Kier molecular flexibility index (Phi) is 8.51. The van der Waals surface area contributed by atoms with Crippen molar-refractivity contribution in [1.29, 1.82) is 0 Å². The third-order valence-corrected chi connectivity index (χ3v) is 5.29. The fourth-order valence-electron chi connectivity index (χ4n) is 1.75. The van der Waals surface area contributed by atoms with Gasteiger partial charge in [0.1, 0.15) is 5.57 Å². The van der Waals surface area contributed by atoms with E-state index in [9.17, 15) is 9.59 Å². The second kappa shape index (κ2) is 10.1. The first-order valence-electron chi connectivity index (χ1n) is 7.10. The fraction of sp³-hybridized carbons (Fsp3) is 0.222. The van der Waals surface area contributed by atoms with Crippen molar-refractivity contribution in [3.05, 3.63) is 64.9 Å². The molecule has 0 saturated heterocycles. The van der Waals surface area contributed by atoms with E-state index in [4.69, 9.17) is 0 Å². The summed E-state index contributed by atoms with van der Waals surface area (Å²) in [4.78, 5) is 24.6. The zero-order valence-corrected chi connectivity index (χ0v) is 15.1. The second-order valence-corrected chi connectivity index (χ2v) is 7.01. The van der Waals surface area contributed by atoms with Gasteiger partial charge in [-0.15, -0.1) is 36.7 Å². The summed E-state index contributed by atoms with van der Waals surface area (Å²) in [5, 5.41) is 2.83. The van der Waals surface area contributed by atoms with Gasteiger partial charge >= 0.3 is 0 Å². The molecule has 0 aliphatic heterocycles. The Morgan fingerprint density at radius 3 is 2.17 bits per heavy atom. The molecule has 0 spiro atoms. The van der Waals surface area contributed by atoms with E-state index in [2.05, 4.69) is 18.5 Å². The Morgan fingerprint density at radius 1 is 1.13 bits per heavy atom. The first-order chi connectivity index (χ1) is 11.0. The summed E-state index contributed by atoms with van der Waals surface area (Å²) in [6.45, 7) is 10.7. The number of nitrogens with one attached hydrogen (secondary N) is 1. The minimum Gasteiger partial charge on any atom is -0.322 e. The van der Waals surface area contributed by atoms with Crippen molar-refractivity contribution in [2.24, 2.45) is 0 Å². The van der Waals surface area contributed by atoms with Crippen LogP contribution in [0.2, 0.25) is 0 Å². The first-order valence-corrected chi connectivity index (χ1v) is 9.08. The van der Waals surface area contributed by atoms with E-state index >= 15 is 0 Å². The van der Waals surface area contributed by atoms with E-state index < -0.39 is 0 Å². The highest BCUT2D eigenvalue weighted by atomic mass is 32.2. The zero-order valence-electron chi connectivity index (χ0n) is 13.4. The third-order valence-electron chi connectivity index (χ3n) is 2.84. The molecule has 0 heterocycles. The Morgan fingerprint density at radius 2 is 1.70 bits per heavy atom. The molecule has 0 aromatic heterocycles. The number of ketones is 1. The number of hydrogen-bond donors (Lipinski definition) is 1. The number of Topliss-reactive ketones (excluding diaryl/α,β-unsaturated/α-hetero) is 1. The molecule has 1 aromatic rings. The maximum atomic E-state index is 12.6. The van der Waals surface area contributed by atoms with Crippen LogP contribution in [-0.4, -0.2) is 23.2 Å². The molecule has 0 fully saturated rings. The number of hydrogen-bond acceptors (Lipinski definition) is 4. The van der Waals surface area contributed by atoms with Crippen LogP contribution in [0.3, 0.4) is 0 Å². The quantitative estimate of drug-likeness (QED) is 0.307. The molecule has 0 unspecified atom stereocenters. The van der Waals surface area contributed by atoms with E-state index in [1.54, 1.807) is 12.2 Å². The highest BCUT2D eigenvalue weighted by Gasteiger charge is 2.21. The number of anilines is 1. The summed E-state index contributed by atoms with van der Waals surface area (Å²) in [5.41, 5.74) is 1.84. The summed E-state index contributed by atoms with van der Waals surface area (Å²) >= 11 is 2.87. The van der Waals surface area contributed by atoms with Crippen molar-refractivity contribution in [2.45, 2.75) is 13.8 Å². The van der Waals surface area contributed by atoms with Crippen LogP contribution in [0.15, 0.2) is 59.4 Å². The van der Waals surface area contributed by atoms with Gasteiger partial charge in [0.05, 0.1) is 4.24 Å². The minimum absolute atomic E-state index is 0.187. The summed E-state index contributed by atoms with van der Waals surface area (Å²) in [6, 6.07) is 7.47. The molecule has 0 aliphatic carbocycles. The number of para-hydroxylation sites is 1. The first kappa shape index (κ1) is 19.3. The Labute approximate surface area is 146 Å². The monoisotopic (exact) mass is 347 g/mol. The average molecular weight is 348 g/mol. The van der Waals surface area contributed by atoms with Crippen molar-refractivity contribution >= 4 is 40.9 Å². The maximum absolute atomic E-state index is 12.6. The summed E-state index contributed by atoms with van der Waals surface area (Å²) in [7, 11) is 0. The van der Waals surface area contributed by atoms with Crippen molar-refractivity contribution < 1.29 is 9.59 Å². The smallest absolute Gasteiger partial charge is 0.260 e. The van der Waals surface area contributed by atoms with E-state index in [0.717, 1.165) is 5.56 Å². The number of aryl methyl sites for hydroxylation is 1. The van der Waals surface area contributed by atoms with Crippen LogP contribution in [0, 0.1) is 6.92 Å².